The van der Waals surface area contributed by atoms with E-state index in [-0.39, 0.29) is 92.6 Å². The third-order valence-corrected chi connectivity index (χ3v) is 1.54. The topological polar surface area (TPSA) is 121 Å². The van der Waals surface area contributed by atoms with Crippen LogP contribution in [0.5, 0.6) is 0 Å². The van der Waals surface area contributed by atoms with Gasteiger partial charge in [0.25, 0.3) is 0 Å². The van der Waals surface area contributed by atoms with Crippen molar-refractivity contribution in [2.45, 2.75) is 80.1 Å². The van der Waals surface area contributed by atoms with Crippen LogP contribution in [0.15, 0.2) is 0 Å². The van der Waals surface area contributed by atoms with Crippen LogP contribution in [0.1, 0.15) is 80.1 Å². The number of unbranched alkanes of at least 4 members (excludes halogenated alkanes) is 3. The smallest absolute Gasteiger partial charge is 0.0430 e. The van der Waals surface area contributed by atoms with Gasteiger partial charge < -0.3 is 60.0 Å². The van der Waals surface area contributed by atoms with Crippen LogP contribution < -0.4 is 29.4 Å². The minimum absolute atomic E-state index is 0. The predicted octanol–water partition coefficient (Wildman–Crippen LogP) is -3.66. The average Bonchev–Trinajstić information content (AvgIpc) is 2.53. The summed E-state index contributed by atoms with van der Waals surface area (Å²) in [6.07, 6.45) is 6.11. The Morgan fingerprint density at radius 2 is 0.536 bits per heavy atom. The van der Waals surface area contributed by atoms with E-state index < -0.39 is 0 Å². The van der Waals surface area contributed by atoms with E-state index in [4.69, 9.17) is 30.6 Å². The van der Waals surface area contributed by atoms with Gasteiger partial charge in [0, 0.05) is 83.1 Å². The number of aliphatic hydroxyl groups excluding tert-OH is 6. The second-order valence-electron chi connectivity index (χ2n) is 4.18. The molecule has 0 fully saturated rings. The van der Waals surface area contributed by atoms with Gasteiger partial charge in [-0.05, 0) is 40.0 Å². The molecular weight excluding hydrogens is 523 g/mol. The van der Waals surface area contributed by atoms with Crippen molar-refractivity contribution in [1.29, 1.82) is 0 Å². The Labute approximate surface area is 221 Å². The molecular formula is C18H48BrClO6Ti2-2. The first-order valence-corrected chi connectivity index (χ1v) is 9.14. The van der Waals surface area contributed by atoms with Crippen molar-refractivity contribution in [2.24, 2.45) is 0 Å². The van der Waals surface area contributed by atoms with E-state index in [9.17, 15) is 0 Å². The molecule has 0 rings (SSSR count). The second-order valence-corrected chi connectivity index (χ2v) is 4.18. The summed E-state index contributed by atoms with van der Waals surface area (Å²) in [5.74, 6) is 0. The Balaban J connectivity index is -0.0000000171. The molecule has 180 valence electrons. The monoisotopic (exact) mass is 570 g/mol. The van der Waals surface area contributed by atoms with Crippen LogP contribution in [0.3, 0.4) is 0 Å². The summed E-state index contributed by atoms with van der Waals surface area (Å²) in [4.78, 5) is 0. The maximum Gasteiger partial charge on any atom is 0.0430 e. The second kappa shape index (κ2) is 116. The van der Waals surface area contributed by atoms with Crippen LogP contribution in [-0.4, -0.2) is 70.3 Å². The summed E-state index contributed by atoms with van der Waals surface area (Å²) >= 11 is 0. The summed E-state index contributed by atoms with van der Waals surface area (Å²) in [5.41, 5.74) is 0. The Bertz CT molecular complexity index is 103. The molecule has 0 saturated heterocycles. The molecule has 0 aliphatic carbocycles. The molecule has 0 heterocycles. The Hall–Kier alpha value is 1.96. The molecule has 0 aromatic rings. The Morgan fingerprint density at radius 3 is 0.536 bits per heavy atom. The van der Waals surface area contributed by atoms with E-state index in [1.165, 1.54) is 0 Å². The number of rotatable bonds is 6. The van der Waals surface area contributed by atoms with Crippen molar-refractivity contribution in [3.8, 4) is 0 Å². The van der Waals surface area contributed by atoms with E-state index in [2.05, 4.69) is 20.8 Å². The van der Waals surface area contributed by atoms with Gasteiger partial charge in [-0.3, -0.25) is 0 Å². The van der Waals surface area contributed by atoms with E-state index >= 15 is 0 Å². The van der Waals surface area contributed by atoms with Gasteiger partial charge in [0.1, 0.15) is 0 Å². The third-order valence-electron chi connectivity index (χ3n) is 1.54. The van der Waals surface area contributed by atoms with Crippen molar-refractivity contribution in [3.63, 3.8) is 0 Å². The van der Waals surface area contributed by atoms with Crippen molar-refractivity contribution in [3.05, 3.63) is 0 Å². The zero-order valence-corrected chi connectivity index (χ0v) is 24.4. The largest absolute Gasteiger partial charge is 1.00 e. The molecule has 0 atom stereocenters. The Morgan fingerprint density at radius 1 is 0.429 bits per heavy atom. The molecule has 28 heavy (non-hydrogen) atoms. The van der Waals surface area contributed by atoms with Crippen LogP contribution in [0, 0.1) is 0 Å². The van der Waals surface area contributed by atoms with Crippen LogP contribution in [0.4, 0.5) is 0 Å². The van der Waals surface area contributed by atoms with Crippen LogP contribution in [0.25, 0.3) is 0 Å². The minimum atomic E-state index is 0. The van der Waals surface area contributed by atoms with Gasteiger partial charge in [0.05, 0.1) is 0 Å². The molecule has 0 saturated carbocycles. The first-order chi connectivity index (χ1) is 11.5. The molecule has 0 aliphatic rings. The minimum Gasteiger partial charge on any atom is -1.00 e. The molecule has 0 aromatic heterocycles. The maximum atomic E-state index is 8.07. The van der Waals surface area contributed by atoms with Crippen molar-refractivity contribution in [2.75, 3.05) is 39.6 Å². The third kappa shape index (κ3) is 321. The zero-order valence-electron chi connectivity index (χ0n) is 18.9. The van der Waals surface area contributed by atoms with Crippen molar-refractivity contribution in [1.82, 2.24) is 0 Å². The van der Waals surface area contributed by atoms with Crippen molar-refractivity contribution < 1.29 is 103 Å². The number of halogens is 2. The van der Waals surface area contributed by atoms with Gasteiger partial charge in [0.15, 0.2) is 0 Å². The normalized spacial score (nSPS) is 6.43. The van der Waals surface area contributed by atoms with E-state index in [1.54, 1.807) is 20.8 Å². The SMILES string of the molecule is CCCCO.CCCCO.CCCCO.CCO.CCO.CCO.[Br-].[Cl-].[Ti].[Ti]. The van der Waals surface area contributed by atoms with Crippen LogP contribution >= 0.6 is 0 Å². The number of hydrogen-bond acceptors (Lipinski definition) is 6. The zero-order chi connectivity index (χ0) is 20.5. The fourth-order valence-electron chi connectivity index (χ4n) is 0.474. The first kappa shape index (κ1) is 63.1. The standard InChI is InChI=1S/3C4H10O.3C2H6O.BrH.ClH.2Ti/c3*1-2-3-4-5;3*1-2-3;;;;/h3*5H,2-4H2,1H3;3*3H,2H2,1H3;2*1H;;/p-2. The summed E-state index contributed by atoms with van der Waals surface area (Å²) in [6.45, 7) is 13.0. The maximum absolute atomic E-state index is 8.07. The molecule has 0 radical (unpaired) electrons. The molecule has 6 N–H and O–H groups in total. The molecule has 0 unspecified atom stereocenters. The van der Waals surface area contributed by atoms with Gasteiger partial charge >= 0.3 is 0 Å². The Kier molecular flexibility index (Phi) is 262. The van der Waals surface area contributed by atoms with Gasteiger partial charge in [-0.25, -0.2) is 0 Å². The fourth-order valence-corrected chi connectivity index (χ4v) is 0.474. The van der Waals surface area contributed by atoms with Gasteiger partial charge in [-0.2, -0.15) is 0 Å². The number of aliphatic hydroxyl groups is 6. The molecule has 10 heteroatoms. The van der Waals surface area contributed by atoms with Gasteiger partial charge in [0.2, 0.25) is 0 Å². The summed E-state index contributed by atoms with van der Waals surface area (Å²) < 4.78 is 0. The summed E-state index contributed by atoms with van der Waals surface area (Å²) in [6, 6.07) is 0. The first-order valence-electron chi connectivity index (χ1n) is 9.14. The summed E-state index contributed by atoms with van der Waals surface area (Å²) in [5, 5.41) is 46.9. The fraction of sp³-hybridized carbons (Fsp3) is 1.00. The van der Waals surface area contributed by atoms with E-state index in [0.717, 1.165) is 38.5 Å². The molecule has 0 aliphatic heterocycles. The molecule has 0 aromatic carbocycles. The molecule has 6 nitrogen and oxygen atoms in total. The quantitative estimate of drug-likeness (QED) is 0.183. The molecule has 0 spiro atoms. The van der Waals surface area contributed by atoms with Crippen LogP contribution in [-0.2, 0) is 43.4 Å². The average molecular weight is 572 g/mol. The molecule has 0 bridgehead atoms. The number of hydrogen-bond donors (Lipinski definition) is 6. The van der Waals surface area contributed by atoms with E-state index in [1.807, 2.05) is 0 Å². The van der Waals surface area contributed by atoms with E-state index in [0.29, 0.717) is 19.8 Å². The summed E-state index contributed by atoms with van der Waals surface area (Å²) in [7, 11) is 0. The van der Waals surface area contributed by atoms with Gasteiger partial charge in [-0.1, -0.05) is 40.0 Å². The van der Waals surface area contributed by atoms with Gasteiger partial charge in [-0.15, -0.1) is 0 Å². The van der Waals surface area contributed by atoms with Crippen molar-refractivity contribution >= 4 is 0 Å². The predicted molar refractivity (Wildman–Crippen MR) is 104 cm³/mol. The van der Waals surface area contributed by atoms with Crippen LogP contribution in [0.2, 0.25) is 0 Å². The molecule has 0 amide bonds.